The minimum Gasteiger partial charge on any atom is -0.273 e. The van der Waals surface area contributed by atoms with E-state index in [1.807, 2.05) is 12.2 Å². The largest absolute Gasteiger partial charge is 0.273 e. The maximum atomic E-state index is 3.22. The smallest absolute Gasteiger partial charge is 0.109 e. The summed E-state index contributed by atoms with van der Waals surface area (Å²) in [4.78, 5) is 0. The van der Waals surface area contributed by atoms with Crippen molar-refractivity contribution in [3.05, 3.63) is 48.1 Å². The topological polar surface area (TPSA) is 0 Å². The Morgan fingerprint density at radius 2 is 1.73 bits per heavy atom. The van der Waals surface area contributed by atoms with Crippen molar-refractivity contribution < 1.29 is 24.2 Å². The summed E-state index contributed by atoms with van der Waals surface area (Å²) in [5.74, 6) is 0. The van der Waals surface area contributed by atoms with E-state index in [4.69, 9.17) is 0 Å². The Morgan fingerprint density at radius 3 is 2.18 bits per heavy atom. The van der Waals surface area contributed by atoms with Gasteiger partial charge < -0.3 is 0 Å². The van der Waals surface area contributed by atoms with Gasteiger partial charge in [-0.2, -0.15) is 12.2 Å². The van der Waals surface area contributed by atoms with Crippen LogP contribution in [0.15, 0.2) is 36.0 Å². The molecule has 2 aliphatic carbocycles. The van der Waals surface area contributed by atoms with Gasteiger partial charge >= 0.3 is 41.3 Å². The molecule has 0 bridgehead atoms. The molecule has 0 radical (unpaired) electrons. The van der Waals surface area contributed by atoms with Gasteiger partial charge in [0.2, 0.25) is 0 Å². The van der Waals surface area contributed by atoms with Gasteiger partial charge in [0.1, 0.15) is 0 Å². The van der Waals surface area contributed by atoms with Gasteiger partial charge in [-0.05, 0) is 0 Å². The molecule has 0 saturated carbocycles. The van der Waals surface area contributed by atoms with Crippen molar-refractivity contribution in [2.75, 3.05) is 0 Å². The molecule has 0 aromatic heterocycles. The van der Waals surface area contributed by atoms with Crippen LogP contribution in [0.2, 0.25) is 0 Å². The zero-order chi connectivity index (χ0) is 16.5. The summed E-state index contributed by atoms with van der Waals surface area (Å²) in [6.07, 6.45) is 28.4. The number of unbranched alkanes of at least 4 members (excludes halogenated alkanes) is 5. The molecule has 0 unspecified atom stereocenters. The average molecular weight is 376 g/mol. The summed E-state index contributed by atoms with van der Waals surface area (Å²) >= 11 is 1.55. The van der Waals surface area contributed by atoms with E-state index in [0.29, 0.717) is 0 Å². The summed E-state index contributed by atoms with van der Waals surface area (Å²) in [6.45, 7) is 6.51. The van der Waals surface area contributed by atoms with E-state index in [-0.39, 0.29) is 0 Å². The maximum absolute atomic E-state index is 3.22. The molecule has 2 aliphatic rings. The van der Waals surface area contributed by atoms with E-state index in [0.717, 1.165) is 12.8 Å². The van der Waals surface area contributed by atoms with Crippen molar-refractivity contribution in [2.24, 2.45) is 0 Å². The molecule has 0 spiro atoms. The predicted molar refractivity (Wildman–Crippen MR) is 96.4 cm³/mol. The van der Waals surface area contributed by atoms with Crippen LogP contribution in [0.5, 0.6) is 0 Å². The van der Waals surface area contributed by atoms with Gasteiger partial charge in [-0.15, -0.1) is 12.8 Å². The Morgan fingerprint density at radius 1 is 1.05 bits per heavy atom. The second-order valence-electron chi connectivity index (χ2n) is 5.85. The number of allylic oxidation sites excluding steroid dienone is 8. The average Bonchev–Trinajstić information content (AvgIpc) is 3.17. The van der Waals surface area contributed by atoms with Gasteiger partial charge in [-0.25, -0.2) is 23.8 Å². The van der Waals surface area contributed by atoms with Crippen molar-refractivity contribution in [3.8, 4) is 0 Å². The molecule has 1 heteroatoms. The van der Waals surface area contributed by atoms with Crippen LogP contribution in [0.1, 0.15) is 78.6 Å². The fourth-order valence-electron chi connectivity index (χ4n) is 2.06. The monoisotopic (exact) mass is 374 g/mol. The van der Waals surface area contributed by atoms with Crippen LogP contribution in [-0.2, 0) is 24.2 Å². The van der Waals surface area contributed by atoms with Crippen LogP contribution in [0, 0.1) is 12.2 Å². The molecule has 0 nitrogen and oxygen atoms in total. The van der Waals surface area contributed by atoms with Crippen LogP contribution in [0.3, 0.4) is 0 Å². The van der Waals surface area contributed by atoms with Crippen molar-refractivity contribution in [3.63, 3.8) is 0 Å². The Kier molecular flexibility index (Phi) is 16.9. The van der Waals surface area contributed by atoms with Crippen LogP contribution in [0.25, 0.3) is 0 Å². The van der Waals surface area contributed by atoms with Crippen LogP contribution in [0.4, 0.5) is 0 Å². The first-order valence-electron chi connectivity index (χ1n) is 8.66. The summed E-state index contributed by atoms with van der Waals surface area (Å²) in [6, 6.07) is 0. The molecule has 22 heavy (non-hydrogen) atoms. The van der Waals surface area contributed by atoms with Gasteiger partial charge in [0, 0.05) is 0 Å². The van der Waals surface area contributed by atoms with Crippen molar-refractivity contribution in [1.29, 1.82) is 0 Å². The van der Waals surface area contributed by atoms with E-state index in [1.165, 1.54) is 53.7 Å². The molecule has 0 aromatic carbocycles. The Bertz CT molecular complexity index is 369. The van der Waals surface area contributed by atoms with Crippen LogP contribution >= 0.6 is 0 Å². The zero-order valence-corrected chi connectivity index (χ0v) is 17.2. The number of rotatable bonds is 7. The number of hydrogen-bond acceptors (Lipinski definition) is 0. The number of hydrogen-bond donors (Lipinski definition) is 0. The minimum absolute atomic E-state index is 1.01. The van der Waals surface area contributed by atoms with Gasteiger partial charge in [0.25, 0.3) is 0 Å². The van der Waals surface area contributed by atoms with Gasteiger partial charge in [-0.1, -0.05) is 51.9 Å². The quantitative estimate of drug-likeness (QED) is 0.353. The Balaban J connectivity index is 0.000000400. The molecule has 0 saturated heterocycles. The third-order valence-electron chi connectivity index (χ3n) is 3.17. The van der Waals surface area contributed by atoms with Gasteiger partial charge in [0.05, 0.1) is 0 Å². The van der Waals surface area contributed by atoms with E-state index in [1.54, 1.807) is 24.2 Å². The summed E-state index contributed by atoms with van der Waals surface area (Å²) < 4.78 is 1.51. The molecule has 0 aromatic rings. The third kappa shape index (κ3) is 17.8. The Labute approximate surface area is 153 Å². The molecule has 0 aliphatic heterocycles. The molecule has 120 valence electrons. The summed E-state index contributed by atoms with van der Waals surface area (Å²) in [7, 11) is 0. The summed E-state index contributed by atoms with van der Waals surface area (Å²) in [5, 5.41) is 0. The van der Waals surface area contributed by atoms with E-state index < -0.39 is 0 Å². The predicted octanol–water partition coefficient (Wildman–Crippen LogP) is 6.48. The van der Waals surface area contributed by atoms with Crippen LogP contribution < -0.4 is 0 Å². The second-order valence-corrected chi connectivity index (χ2v) is 8.31. The van der Waals surface area contributed by atoms with E-state index in [9.17, 15) is 0 Å². The standard InChI is InChI=1S/C13H21.C5H5.C3H6.Zr/c1-2-3-4-5-6-7-10-13-11-8-9-12-13;1-2-4-5-3-1;1-3-2;/h11-12H,2-8,10H2,1H3;1-3H,4H2;1-2H3;/q2*-1;;+2. The third-order valence-corrected chi connectivity index (χ3v) is 3.17. The first-order chi connectivity index (χ1) is 10.7. The molecule has 0 amide bonds. The van der Waals surface area contributed by atoms with E-state index >= 15 is 0 Å². The SMILES string of the molecule is CCCCCCCCC1=CC[C-]=C1.C[C](C)=[Zr+2].[C-]1=CC=CC1. The first-order valence-corrected chi connectivity index (χ1v) is 9.88. The summed E-state index contributed by atoms with van der Waals surface area (Å²) in [5.41, 5.74) is 1.51. The molecule has 2 rings (SSSR count). The van der Waals surface area contributed by atoms with Gasteiger partial charge in [0.15, 0.2) is 0 Å². The normalized spacial score (nSPS) is 14.1. The second kappa shape index (κ2) is 17.1. The van der Waals surface area contributed by atoms with Crippen molar-refractivity contribution >= 4 is 3.21 Å². The molecule has 0 atom stereocenters. The molecule has 0 heterocycles. The minimum atomic E-state index is 1.01. The molecule has 0 N–H and O–H groups in total. The molecule has 0 fully saturated rings. The van der Waals surface area contributed by atoms with Crippen molar-refractivity contribution in [2.45, 2.75) is 78.6 Å². The fourth-order valence-corrected chi connectivity index (χ4v) is 2.06. The Hall–Kier alpha value is -0.287. The molecular weight excluding hydrogens is 343 g/mol. The molecular formula is C21H32Zr. The fraction of sp³-hybridized carbons (Fsp3) is 0.571. The van der Waals surface area contributed by atoms with Gasteiger partial charge in [-0.3, -0.25) is 12.2 Å². The van der Waals surface area contributed by atoms with Crippen molar-refractivity contribution in [1.82, 2.24) is 0 Å². The van der Waals surface area contributed by atoms with E-state index in [2.05, 4.69) is 51.2 Å². The maximum Gasteiger partial charge on any atom is -0.109 e. The zero-order valence-electron chi connectivity index (χ0n) is 14.8. The van der Waals surface area contributed by atoms with Crippen LogP contribution in [-0.4, -0.2) is 3.21 Å². The first kappa shape index (κ1) is 21.7.